The Morgan fingerprint density at radius 1 is 1.24 bits per heavy atom. The molecule has 1 N–H and O–H groups in total. The predicted molar refractivity (Wildman–Crippen MR) is 82.6 cm³/mol. The van der Waals surface area contributed by atoms with Crippen LogP contribution in [0.1, 0.15) is 36.0 Å². The molecule has 1 heterocycles. The molecule has 2 aliphatic rings. The van der Waals surface area contributed by atoms with Gasteiger partial charge in [-0.1, -0.05) is 12.1 Å². The van der Waals surface area contributed by atoms with Gasteiger partial charge in [0.1, 0.15) is 5.75 Å². The van der Waals surface area contributed by atoms with Crippen LogP contribution in [0, 0.1) is 5.92 Å². The lowest BCUT2D eigenvalue weighted by Crippen LogP contribution is -2.45. The Kier molecular flexibility index (Phi) is 4.44. The number of ether oxygens (including phenoxy) is 1. The van der Waals surface area contributed by atoms with Crippen LogP contribution >= 0.6 is 0 Å². The summed E-state index contributed by atoms with van der Waals surface area (Å²) in [6.07, 6.45) is 4.87. The standard InChI is InChI=1S/C17H24N2O2/c1-21-16-5-3-2-4-15(16)17(20)19-10-8-14(9-11-19)18-12-13-6-7-13/h2-5,13-14,18H,6-12H2,1H3. The van der Waals surface area contributed by atoms with Crippen LogP contribution in [0.2, 0.25) is 0 Å². The monoisotopic (exact) mass is 288 g/mol. The number of likely N-dealkylation sites (tertiary alicyclic amines) is 1. The van der Waals surface area contributed by atoms with Crippen LogP contribution in [-0.4, -0.2) is 43.6 Å². The molecule has 21 heavy (non-hydrogen) atoms. The predicted octanol–water partition coefficient (Wildman–Crippen LogP) is 2.30. The van der Waals surface area contributed by atoms with E-state index in [1.165, 1.54) is 12.8 Å². The van der Waals surface area contributed by atoms with Crippen LogP contribution in [0.3, 0.4) is 0 Å². The van der Waals surface area contributed by atoms with E-state index in [0.29, 0.717) is 17.4 Å². The number of rotatable bonds is 5. The van der Waals surface area contributed by atoms with Crippen molar-refractivity contribution < 1.29 is 9.53 Å². The molecule has 1 aliphatic carbocycles. The van der Waals surface area contributed by atoms with Crippen molar-refractivity contribution >= 4 is 5.91 Å². The van der Waals surface area contributed by atoms with Gasteiger partial charge in [-0.05, 0) is 50.3 Å². The number of nitrogens with zero attached hydrogens (tertiary/aromatic N) is 1. The van der Waals surface area contributed by atoms with E-state index in [1.54, 1.807) is 7.11 Å². The van der Waals surface area contributed by atoms with Gasteiger partial charge in [0.05, 0.1) is 12.7 Å². The van der Waals surface area contributed by atoms with Crippen LogP contribution in [-0.2, 0) is 0 Å². The van der Waals surface area contributed by atoms with Crippen LogP contribution in [0.4, 0.5) is 0 Å². The van der Waals surface area contributed by atoms with Gasteiger partial charge in [-0.15, -0.1) is 0 Å². The second kappa shape index (κ2) is 6.48. The van der Waals surface area contributed by atoms with E-state index in [4.69, 9.17) is 4.74 Å². The fraction of sp³-hybridized carbons (Fsp3) is 0.588. The number of hydrogen-bond donors (Lipinski definition) is 1. The van der Waals surface area contributed by atoms with Crippen molar-refractivity contribution in [2.45, 2.75) is 31.7 Å². The first-order chi connectivity index (χ1) is 10.3. The minimum atomic E-state index is 0.0908. The summed E-state index contributed by atoms with van der Waals surface area (Å²) in [5.74, 6) is 1.67. The van der Waals surface area contributed by atoms with Gasteiger partial charge in [0.15, 0.2) is 0 Å². The molecule has 4 heteroatoms. The van der Waals surface area contributed by atoms with E-state index in [-0.39, 0.29) is 5.91 Å². The molecule has 1 saturated heterocycles. The average Bonchev–Trinajstić information content (AvgIpc) is 3.37. The van der Waals surface area contributed by atoms with Crippen LogP contribution in [0.5, 0.6) is 5.75 Å². The summed E-state index contributed by atoms with van der Waals surface area (Å²) >= 11 is 0. The van der Waals surface area contributed by atoms with Gasteiger partial charge in [-0.25, -0.2) is 0 Å². The molecule has 1 amide bonds. The first-order valence-electron chi connectivity index (χ1n) is 7.93. The number of hydrogen-bond acceptors (Lipinski definition) is 3. The number of methoxy groups -OCH3 is 1. The van der Waals surface area contributed by atoms with Crippen LogP contribution < -0.4 is 10.1 Å². The van der Waals surface area contributed by atoms with E-state index >= 15 is 0 Å². The second-order valence-corrected chi connectivity index (χ2v) is 6.12. The van der Waals surface area contributed by atoms with E-state index in [2.05, 4.69) is 5.32 Å². The zero-order valence-electron chi connectivity index (χ0n) is 12.7. The van der Waals surface area contributed by atoms with Gasteiger partial charge in [0.2, 0.25) is 0 Å². The fourth-order valence-corrected chi connectivity index (χ4v) is 2.93. The van der Waals surface area contributed by atoms with E-state index in [9.17, 15) is 4.79 Å². The average molecular weight is 288 g/mol. The number of carbonyl (C=O) groups excluding carboxylic acids is 1. The molecular formula is C17H24N2O2. The molecular weight excluding hydrogens is 264 g/mol. The van der Waals surface area contributed by atoms with Crippen molar-refractivity contribution in [3.05, 3.63) is 29.8 Å². The number of para-hydroxylation sites is 1. The van der Waals surface area contributed by atoms with Crippen LogP contribution in [0.25, 0.3) is 0 Å². The minimum absolute atomic E-state index is 0.0908. The molecule has 0 unspecified atom stereocenters. The molecule has 0 radical (unpaired) electrons. The van der Waals surface area contributed by atoms with E-state index < -0.39 is 0 Å². The Morgan fingerprint density at radius 2 is 1.95 bits per heavy atom. The minimum Gasteiger partial charge on any atom is -0.496 e. The van der Waals surface area contributed by atoms with Gasteiger partial charge in [-0.2, -0.15) is 0 Å². The highest BCUT2D eigenvalue weighted by Crippen LogP contribution is 2.28. The van der Waals surface area contributed by atoms with Crippen molar-refractivity contribution in [3.8, 4) is 5.75 Å². The maximum atomic E-state index is 12.6. The first kappa shape index (κ1) is 14.4. The molecule has 1 aromatic rings. The summed E-state index contributed by atoms with van der Waals surface area (Å²) in [6, 6.07) is 8.05. The molecule has 0 spiro atoms. The summed E-state index contributed by atoms with van der Waals surface area (Å²) in [4.78, 5) is 14.5. The highest BCUT2D eigenvalue weighted by molar-refractivity contribution is 5.97. The molecule has 0 aromatic heterocycles. The third kappa shape index (κ3) is 3.56. The summed E-state index contributed by atoms with van der Waals surface area (Å²) in [5, 5.41) is 3.64. The van der Waals surface area contributed by atoms with Crippen molar-refractivity contribution in [1.29, 1.82) is 0 Å². The molecule has 114 valence electrons. The summed E-state index contributed by atoms with van der Waals surface area (Å²) in [5.41, 5.74) is 0.671. The molecule has 2 fully saturated rings. The summed E-state index contributed by atoms with van der Waals surface area (Å²) in [6.45, 7) is 2.82. The molecule has 0 bridgehead atoms. The zero-order valence-corrected chi connectivity index (χ0v) is 12.7. The number of carbonyl (C=O) groups is 1. The van der Waals surface area contributed by atoms with Gasteiger partial charge in [0.25, 0.3) is 5.91 Å². The smallest absolute Gasteiger partial charge is 0.257 e. The van der Waals surface area contributed by atoms with E-state index in [0.717, 1.165) is 38.4 Å². The first-order valence-corrected chi connectivity index (χ1v) is 7.93. The largest absolute Gasteiger partial charge is 0.496 e. The number of amides is 1. The van der Waals surface area contributed by atoms with Gasteiger partial charge in [0, 0.05) is 19.1 Å². The van der Waals surface area contributed by atoms with Gasteiger partial charge in [-0.3, -0.25) is 4.79 Å². The maximum Gasteiger partial charge on any atom is 0.257 e. The molecule has 3 rings (SSSR count). The molecule has 1 aliphatic heterocycles. The molecule has 0 atom stereocenters. The quantitative estimate of drug-likeness (QED) is 0.904. The highest BCUT2D eigenvalue weighted by Gasteiger charge is 2.27. The normalized spacial score (nSPS) is 19.6. The number of piperidine rings is 1. The Balaban J connectivity index is 1.54. The lowest BCUT2D eigenvalue weighted by atomic mass is 10.0. The molecule has 4 nitrogen and oxygen atoms in total. The maximum absolute atomic E-state index is 12.6. The van der Waals surface area contributed by atoms with Crippen LogP contribution in [0.15, 0.2) is 24.3 Å². The topological polar surface area (TPSA) is 41.6 Å². The number of benzene rings is 1. The second-order valence-electron chi connectivity index (χ2n) is 6.12. The summed E-state index contributed by atoms with van der Waals surface area (Å²) in [7, 11) is 1.61. The lowest BCUT2D eigenvalue weighted by Gasteiger charge is -2.33. The zero-order chi connectivity index (χ0) is 14.7. The van der Waals surface area contributed by atoms with E-state index in [1.807, 2.05) is 29.2 Å². The lowest BCUT2D eigenvalue weighted by molar-refractivity contribution is 0.0701. The third-order valence-corrected chi connectivity index (χ3v) is 4.51. The Labute approximate surface area is 126 Å². The third-order valence-electron chi connectivity index (χ3n) is 4.51. The SMILES string of the molecule is COc1ccccc1C(=O)N1CCC(NCC2CC2)CC1. The van der Waals surface area contributed by atoms with Gasteiger partial charge >= 0.3 is 0 Å². The van der Waals surface area contributed by atoms with Crippen molar-refractivity contribution in [2.24, 2.45) is 5.92 Å². The Bertz CT molecular complexity index is 491. The van der Waals surface area contributed by atoms with Crippen molar-refractivity contribution in [1.82, 2.24) is 10.2 Å². The number of nitrogens with one attached hydrogen (secondary N) is 1. The fourth-order valence-electron chi connectivity index (χ4n) is 2.93. The van der Waals surface area contributed by atoms with Gasteiger partial charge < -0.3 is 15.0 Å². The van der Waals surface area contributed by atoms with Crippen molar-refractivity contribution in [3.63, 3.8) is 0 Å². The Morgan fingerprint density at radius 3 is 2.62 bits per heavy atom. The molecule has 1 aromatic carbocycles. The Hall–Kier alpha value is -1.55. The van der Waals surface area contributed by atoms with Crippen molar-refractivity contribution in [2.75, 3.05) is 26.7 Å². The summed E-state index contributed by atoms with van der Waals surface area (Å²) < 4.78 is 5.29. The molecule has 1 saturated carbocycles. The highest BCUT2D eigenvalue weighted by atomic mass is 16.5.